The number of carbonyl (C=O) groups excluding carboxylic acids is 1. The van der Waals surface area contributed by atoms with E-state index < -0.39 is 41.4 Å². The summed E-state index contributed by atoms with van der Waals surface area (Å²) in [4.78, 5) is 23.1. The third kappa shape index (κ3) is 3.37. The first-order valence-corrected chi connectivity index (χ1v) is 6.37. The third-order valence-electron chi connectivity index (χ3n) is 3.01. The van der Waals surface area contributed by atoms with Gasteiger partial charge in [-0.05, 0) is 12.1 Å². The number of nitrogens with zero attached hydrogens (tertiary/aromatic N) is 3. The van der Waals surface area contributed by atoms with E-state index in [0.29, 0.717) is 0 Å². The Labute approximate surface area is 123 Å². The van der Waals surface area contributed by atoms with Crippen molar-refractivity contribution in [1.29, 1.82) is 0 Å². The molecule has 0 aliphatic rings. The second-order valence-electron chi connectivity index (χ2n) is 4.64. The van der Waals surface area contributed by atoms with E-state index in [9.17, 15) is 23.5 Å². The van der Waals surface area contributed by atoms with Gasteiger partial charge in [-0.25, -0.2) is 18.3 Å². The second-order valence-corrected chi connectivity index (χ2v) is 4.64. The van der Waals surface area contributed by atoms with Crippen molar-refractivity contribution >= 4 is 5.91 Å². The highest BCUT2D eigenvalue weighted by Gasteiger charge is 2.18. The number of aliphatic hydroxyl groups is 1. The molecule has 1 aromatic carbocycles. The Morgan fingerprint density at radius 3 is 2.59 bits per heavy atom. The lowest BCUT2D eigenvalue weighted by molar-refractivity contribution is -0.122. The van der Waals surface area contributed by atoms with E-state index in [4.69, 9.17) is 0 Å². The summed E-state index contributed by atoms with van der Waals surface area (Å²) in [5, 5.41) is 15.8. The van der Waals surface area contributed by atoms with Crippen molar-refractivity contribution in [2.45, 2.75) is 12.6 Å². The zero-order valence-electron chi connectivity index (χ0n) is 11.7. The van der Waals surface area contributed by atoms with Crippen molar-refractivity contribution in [1.82, 2.24) is 19.7 Å². The summed E-state index contributed by atoms with van der Waals surface area (Å²) in [5.41, 5.74) is -0.992. The van der Waals surface area contributed by atoms with Crippen molar-refractivity contribution in [2.75, 3.05) is 6.54 Å². The van der Waals surface area contributed by atoms with Crippen LogP contribution in [-0.4, -0.2) is 31.9 Å². The molecule has 1 amide bonds. The van der Waals surface area contributed by atoms with Gasteiger partial charge in [-0.2, -0.15) is 5.10 Å². The van der Waals surface area contributed by atoms with Gasteiger partial charge < -0.3 is 10.4 Å². The zero-order valence-corrected chi connectivity index (χ0v) is 11.7. The number of amides is 1. The minimum Gasteiger partial charge on any atom is -0.386 e. The summed E-state index contributed by atoms with van der Waals surface area (Å²) < 4.78 is 29.0. The van der Waals surface area contributed by atoms with Crippen LogP contribution in [0.25, 0.3) is 0 Å². The monoisotopic (exact) mass is 312 g/mol. The first-order chi connectivity index (χ1) is 10.4. The standard InChI is InChI=1S/C13H14F2N4O3/c1-18-7-17-19(13(18)22)6-11(21)16-5-10(20)12-8(14)3-2-4-9(12)15/h2-4,7,10,20H,5-6H2,1H3,(H,16,21). The number of halogens is 2. The van der Waals surface area contributed by atoms with E-state index in [1.54, 1.807) is 0 Å². The number of hydrogen-bond donors (Lipinski definition) is 2. The number of aromatic nitrogens is 3. The van der Waals surface area contributed by atoms with E-state index in [-0.39, 0.29) is 6.54 Å². The van der Waals surface area contributed by atoms with E-state index in [0.717, 1.165) is 16.8 Å². The van der Waals surface area contributed by atoms with Crippen molar-refractivity contribution in [2.24, 2.45) is 7.05 Å². The van der Waals surface area contributed by atoms with Crippen LogP contribution >= 0.6 is 0 Å². The summed E-state index contributed by atoms with van der Waals surface area (Å²) >= 11 is 0. The van der Waals surface area contributed by atoms with Crippen molar-refractivity contribution in [3.63, 3.8) is 0 Å². The van der Waals surface area contributed by atoms with Crippen LogP contribution in [0.5, 0.6) is 0 Å². The number of nitrogens with one attached hydrogen (secondary N) is 1. The summed E-state index contributed by atoms with van der Waals surface area (Å²) in [6.07, 6.45) is -0.287. The van der Waals surface area contributed by atoms with E-state index >= 15 is 0 Å². The molecule has 2 rings (SSSR count). The van der Waals surface area contributed by atoms with Crippen LogP contribution < -0.4 is 11.0 Å². The van der Waals surface area contributed by atoms with Gasteiger partial charge >= 0.3 is 5.69 Å². The Kier molecular flexibility index (Phi) is 4.66. The number of aliphatic hydroxyl groups excluding tert-OH is 1. The Balaban J connectivity index is 1.96. The van der Waals surface area contributed by atoms with Crippen molar-refractivity contribution < 1.29 is 18.7 Å². The fourth-order valence-electron chi connectivity index (χ4n) is 1.86. The maximum absolute atomic E-state index is 13.5. The van der Waals surface area contributed by atoms with Gasteiger partial charge in [-0.1, -0.05) is 6.07 Å². The highest BCUT2D eigenvalue weighted by atomic mass is 19.1. The number of benzene rings is 1. The maximum Gasteiger partial charge on any atom is 0.345 e. The molecular formula is C13H14F2N4O3. The number of hydrogen-bond acceptors (Lipinski definition) is 4. The average Bonchev–Trinajstić information content (AvgIpc) is 2.77. The van der Waals surface area contributed by atoms with Crippen molar-refractivity contribution in [3.05, 3.63) is 52.2 Å². The quantitative estimate of drug-likeness (QED) is 0.794. The van der Waals surface area contributed by atoms with Crippen LogP contribution in [0, 0.1) is 11.6 Å². The van der Waals surface area contributed by atoms with Crippen molar-refractivity contribution in [3.8, 4) is 0 Å². The van der Waals surface area contributed by atoms with E-state index in [2.05, 4.69) is 10.4 Å². The van der Waals surface area contributed by atoms with Gasteiger partial charge in [0.15, 0.2) is 0 Å². The molecule has 0 aliphatic heterocycles. The van der Waals surface area contributed by atoms with Gasteiger partial charge in [0, 0.05) is 13.6 Å². The third-order valence-corrected chi connectivity index (χ3v) is 3.01. The lowest BCUT2D eigenvalue weighted by Gasteiger charge is -2.13. The molecule has 22 heavy (non-hydrogen) atoms. The Bertz CT molecular complexity index is 721. The van der Waals surface area contributed by atoms with Crippen LogP contribution in [0.1, 0.15) is 11.7 Å². The van der Waals surface area contributed by atoms with Crippen LogP contribution in [0.2, 0.25) is 0 Å². The second kappa shape index (κ2) is 6.48. The first kappa shape index (κ1) is 15.8. The lowest BCUT2D eigenvalue weighted by atomic mass is 10.1. The maximum atomic E-state index is 13.5. The fourth-order valence-corrected chi connectivity index (χ4v) is 1.86. The molecule has 0 saturated carbocycles. The highest BCUT2D eigenvalue weighted by Crippen LogP contribution is 2.19. The Hall–Kier alpha value is -2.55. The topological polar surface area (TPSA) is 89.2 Å². The van der Waals surface area contributed by atoms with Crippen LogP contribution in [0.3, 0.4) is 0 Å². The molecule has 1 heterocycles. The summed E-state index contributed by atoms with van der Waals surface area (Å²) in [6.45, 7) is -0.746. The largest absolute Gasteiger partial charge is 0.386 e. The Morgan fingerprint density at radius 1 is 1.41 bits per heavy atom. The number of carbonyl (C=O) groups is 1. The normalized spacial score (nSPS) is 12.2. The molecule has 118 valence electrons. The predicted molar refractivity (Wildman–Crippen MR) is 71.8 cm³/mol. The van der Waals surface area contributed by atoms with Gasteiger partial charge in [-0.3, -0.25) is 9.36 Å². The molecule has 0 spiro atoms. The molecule has 0 fully saturated rings. The molecule has 2 N–H and O–H groups in total. The fraction of sp³-hybridized carbons (Fsp3) is 0.308. The molecule has 2 aromatic rings. The van der Waals surface area contributed by atoms with Gasteiger partial charge in [0.2, 0.25) is 5.91 Å². The SMILES string of the molecule is Cn1cnn(CC(=O)NCC(O)c2c(F)cccc2F)c1=O. The molecule has 0 saturated heterocycles. The molecule has 1 aromatic heterocycles. The molecule has 1 unspecified atom stereocenters. The lowest BCUT2D eigenvalue weighted by Crippen LogP contribution is -2.35. The van der Waals surface area contributed by atoms with Gasteiger partial charge in [0.05, 0.1) is 5.56 Å². The number of aryl methyl sites for hydroxylation is 1. The molecule has 0 radical (unpaired) electrons. The predicted octanol–water partition coefficient (Wildman–Crippen LogP) is -0.290. The number of rotatable bonds is 5. The van der Waals surface area contributed by atoms with Gasteiger partial charge in [0.1, 0.15) is 30.6 Å². The molecule has 7 nitrogen and oxygen atoms in total. The molecule has 1 atom stereocenters. The van der Waals surface area contributed by atoms with Gasteiger partial charge in [-0.15, -0.1) is 0 Å². The van der Waals surface area contributed by atoms with Crippen LogP contribution in [0.15, 0.2) is 29.3 Å². The first-order valence-electron chi connectivity index (χ1n) is 6.37. The molecule has 0 bridgehead atoms. The minimum absolute atomic E-state index is 0.355. The molecular weight excluding hydrogens is 298 g/mol. The average molecular weight is 312 g/mol. The van der Waals surface area contributed by atoms with E-state index in [1.807, 2.05) is 0 Å². The zero-order chi connectivity index (χ0) is 16.3. The van der Waals surface area contributed by atoms with E-state index in [1.165, 1.54) is 24.0 Å². The summed E-state index contributed by atoms with van der Waals surface area (Å²) in [5.74, 6) is -2.41. The summed E-state index contributed by atoms with van der Waals surface area (Å²) in [6, 6.07) is 3.20. The molecule has 0 aliphatic carbocycles. The molecule has 9 heteroatoms. The minimum atomic E-state index is -1.54. The van der Waals surface area contributed by atoms with Crippen LogP contribution in [0.4, 0.5) is 8.78 Å². The summed E-state index contributed by atoms with van der Waals surface area (Å²) in [7, 11) is 1.48. The van der Waals surface area contributed by atoms with Crippen LogP contribution in [-0.2, 0) is 18.4 Å². The smallest absolute Gasteiger partial charge is 0.345 e. The highest BCUT2D eigenvalue weighted by molar-refractivity contribution is 5.75. The Morgan fingerprint density at radius 2 is 2.05 bits per heavy atom. The van der Waals surface area contributed by atoms with Gasteiger partial charge in [0.25, 0.3) is 0 Å².